The molecule has 0 bridgehead atoms. The summed E-state index contributed by atoms with van der Waals surface area (Å²) < 4.78 is 0. The fourth-order valence-corrected chi connectivity index (χ4v) is 2.96. The summed E-state index contributed by atoms with van der Waals surface area (Å²) in [6.45, 7) is 4.64. The zero-order valence-electron chi connectivity index (χ0n) is 14.3. The number of carbonyl (C=O) groups is 2. The van der Waals surface area contributed by atoms with Gasteiger partial charge in [-0.2, -0.15) is 0 Å². The number of hydrogen-bond acceptors (Lipinski definition) is 3. The Morgan fingerprint density at radius 1 is 1.29 bits per heavy atom. The molecular formula is C18H28ClN3O2. The summed E-state index contributed by atoms with van der Waals surface area (Å²) in [6, 6.07) is 7.49. The van der Waals surface area contributed by atoms with E-state index in [1.807, 2.05) is 36.1 Å². The second kappa shape index (κ2) is 10.3. The van der Waals surface area contributed by atoms with Gasteiger partial charge in [-0.15, -0.1) is 12.4 Å². The summed E-state index contributed by atoms with van der Waals surface area (Å²) in [4.78, 5) is 26.1. The van der Waals surface area contributed by atoms with Crippen LogP contribution in [0.5, 0.6) is 0 Å². The molecular weight excluding hydrogens is 326 g/mol. The van der Waals surface area contributed by atoms with E-state index in [2.05, 4.69) is 5.32 Å². The van der Waals surface area contributed by atoms with E-state index in [4.69, 9.17) is 5.73 Å². The molecule has 24 heavy (non-hydrogen) atoms. The first-order chi connectivity index (χ1) is 11.1. The number of nitrogens with zero attached hydrogens (tertiary/aromatic N) is 1. The van der Waals surface area contributed by atoms with Gasteiger partial charge in [0, 0.05) is 38.2 Å². The highest BCUT2D eigenvalue weighted by Crippen LogP contribution is 2.18. The van der Waals surface area contributed by atoms with Crippen molar-refractivity contribution in [3.05, 3.63) is 35.4 Å². The Kier molecular flexibility index (Phi) is 8.79. The van der Waals surface area contributed by atoms with E-state index in [0.717, 1.165) is 31.4 Å². The van der Waals surface area contributed by atoms with Crippen LogP contribution in [0.4, 0.5) is 0 Å². The van der Waals surface area contributed by atoms with Crippen LogP contribution >= 0.6 is 12.4 Å². The van der Waals surface area contributed by atoms with Crippen molar-refractivity contribution in [2.24, 2.45) is 11.7 Å². The van der Waals surface area contributed by atoms with Crippen LogP contribution in [0.25, 0.3) is 0 Å². The van der Waals surface area contributed by atoms with Gasteiger partial charge in [0.05, 0.1) is 0 Å². The lowest BCUT2D eigenvalue weighted by Gasteiger charge is -2.33. The van der Waals surface area contributed by atoms with Gasteiger partial charge in [-0.1, -0.05) is 19.1 Å². The standard InChI is InChI=1S/C18H27N3O2.ClH/c1-2-4-17(22)20-12-15-5-3-10-21(13-15)18(23)16-8-6-14(11-19)7-9-16;/h6-9,15H,2-5,10-13,19H2,1H3,(H,20,22);1H. The van der Waals surface area contributed by atoms with E-state index in [9.17, 15) is 9.59 Å². The summed E-state index contributed by atoms with van der Waals surface area (Å²) in [5.41, 5.74) is 7.32. The van der Waals surface area contributed by atoms with Crippen LogP contribution in [0.3, 0.4) is 0 Å². The lowest BCUT2D eigenvalue weighted by atomic mass is 9.97. The van der Waals surface area contributed by atoms with Gasteiger partial charge < -0.3 is 16.0 Å². The Balaban J connectivity index is 0.00000288. The van der Waals surface area contributed by atoms with Crippen molar-refractivity contribution in [3.8, 4) is 0 Å². The third-order valence-corrected chi connectivity index (χ3v) is 4.31. The van der Waals surface area contributed by atoms with Crippen LogP contribution in [0, 0.1) is 5.92 Å². The van der Waals surface area contributed by atoms with Gasteiger partial charge in [0.1, 0.15) is 0 Å². The van der Waals surface area contributed by atoms with E-state index >= 15 is 0 Å². The molecule has 6 heteroatoms. The molecule has 134 valence electrons. The summed E-state index contributed by atoms with van der Waals surface area (Å²) in [5, 5.41) is 2.98. The lowest BCUT2D eigenvalue weighted by molar-refractivity contribution is -0.121. The minimum absolute atomic E-state index is 0. The second-order valence-corrected chi connectivity index (χ2v) is 6.21. The molecule has 0 aromatic heterocycles. The molecule has 1 fully saturated rings. The van der Waals surface area contributed by atoms with E-state index in [-0.39, 0.29) is 24.2 Å². The van der Waals surface area contributed by atoms with E-state index in [0.29, 0.717) is 37.5 Å². The second-order valence-electron chi connectivity index (χ2n) is 6.21. The van der Waals surface area contributed by atoms with Crippen LogP contribution in [-0.4, -0.2) is 36.3 Å². The van der Waals surface area contributed by atoms with Gasteiger partial charge >= 0.3 is 0 Å². The van der Waals surface area contributed by atoms with Crippen molar-refractivity contribution in [2.75, 3.05) is 19.6 Å². The molecule has 0 radical (unpaired) electrons. The van der Waals surface area contributed by atoms with Crippen molar-refractivity contribution in [1.82, 2.24) is 10.2 Å². The summed E-state index contributed by atoms with van der Waals surface area (Å²) >= 11 is 0. The molecule has 0 spiro atoms. The van der Waals surface area contributed by atoms with E-state index in [1.165, 1.54) is 0 Å². The smallest absolute Gasteiger partial charge is 0.253 e. The SMILES string of the molecule is CCCC(=O)NCC1CCCN(C(=O)c2ccc(CN)cc2)C1.Cl. The van der Waals surface area contributed by atoms with Crippen molar-refractivity contribution in [1.29, 1.82) is 0 Å². The lowest BCUT2D eigenvalue weighted by Crippen LogP contribution is -2.43. The summed E-state index contributed by atoms with van der Waals surface area (Å²) in [5.74, 6) is 0.517. The van der Waals surface area contributed by atoms with Crippen LogP contribution in [0.2, 0.25) is 0 Å². The Morgan fingerprint density at radius 2 is 2.00 bits per heavy atom. The Bertz CT molecular complexity index is 534. The Morgan fingerprint density at radius 3 is 2.62 bits per heavy atom. The van der Waals surface area contributed by atoms with Crippen molar-refractivity contribution >= 4 is 24.2 Å². The van der Waals surface area contributed by atoms with Crippen molar-refractivity contribution in [2.45, 2.75) is 39.2 Å². The monoisotopic (exact) mass is 353 g/mol. The molecule has 1 atom stereocenters. The molecule has 1 heterocycles. The summed E-state index contributed by atoms with van der Waals surface area (Å²) in [7, 11) is 0. The average molecular weight is 354 g/mol. The van der Waals surface area contributed by atoms with Crippen LogP contribution in [0.1, 0.15) is 48.5 Å². The highest BCUT2D eigenvalue weighted by molar-refractivity contribution is 5.94. The number of likely N-dealkylation sites (tertiary alicyclic amines) is 1. The molecule has 1 aliphatic heterocycles. The molecule has 0 aliphatic carbocycles. The first-order valence-electron chi connectivity index (χ1n) is 8.49. The fourth-order valence-electron chi connectivity index (χ4n) is 2.96. The maximum atomic E-state index is 12.6. The van der Waals surface area contributed by atoms with Crippen LogP contribution < -0.4 is 11.1 Å². The van der Waals surface area contributed by atoms with Gasteiger partial charge in [-0.3, -0.25) is 9.59 Å². The van der Waals surface area contributed by atoms with Crippen molar-refractivity contribution in [3.63, 3.8) is 0 Å². The average Bonchev–Trinajstić information content (AvgIpc) is 2.60. The topological polar surface area (TPSA) is 75.4 Å². The minimum atomic E-state index is 0. The molecule has 1 aromatic carbocycles. The molecule has 0 saturated carbocycles. The van der Waals surface area contributed by atoms with Crippen molar-refractivity contribution < 1.29 is 9.59 Å². The number of amides is 2. The molecule has 2 rings (SSSR count). The normalized spacial score (nSPS) is 17.1. The first-order valence-corrected chi connectivity index (χ1v) is 8.49. The largest absolute Gasteiger partial charge is 0.356 e. The number of carbonyl (C=O) groups excluding carboxylic acids is 2. The number of piperidine rings is 1. The highest BCUT2D eigenvalue weighted by atomic mass is 35.5. The number of nitrogens with two attached hydrogens (primary N) is 1. The quantitative estimate of drug-likeness (QED) is 0.824. The number of benzene rings is 1. The predicted molar refractivity (Wildman–Crippen MR) is 98.1 cm³/mol. The molecule has 3 N–H and O–H groups in total. The maximum absolute atomic E-state index is 12.6. The van der Waals surface area contributed by atoms with Gasteiger partial charge in [-0.05, 0) is 42.9 Å². The molecule has 1 aromatic rings. The van der Waals surface area contributed by atoms with E-state index in [1.54, 1.807) is 0 Å². The molecule has 1 saturated heterocycles. The number of nitrogens with one attached hydrogen (secondary N) is 1. The molecule has 1 aliphatic rings. The minimum Gasteiger partial charge on any atom is -0.356 e. The zero-order chi connectivity index (χ0) is 16.7. The molecule has 1 unspecified atom stereocenters. The maximum Gasteiger partial charge on any atom is 0.253 e. The number of halogens is 1. The van der Waals surface area contributed by atoms with Crippen LogP contribution in [-0.2, 0) is 11.3 Å². The van der Waals surface area contributed by atoms with Gasteiger partial charge in [0.2, 0.25) is 5.91 Å². The zero-order valence-corrected chi connectivity index (χ0v) is 15.1. The Labute approximate surface area is 150 Å². The molecule has 5 nitrogen and oxygen atoms in total. The highest BCUT2D eigenvalue weighted by Gasteiger charge is 2.24. The third kappa shape index (κ3) is 5.80. The first kappa shape index (κ1) is 20.5. The predicted octanol–water partition coefficient (Wildman–Crippen LogP) is 2.34. The fraction of sp³-hybridized carbons (Fsp3) is 0.556. The number of rotatable bonds is 6. The van der Waals surface area contributed by atoms with E-state index < -0.39 is 0 Å². The van der Waals surface area contributed by atoms with Gasteiger partial charge in [0.15, 0.2) is 0 Å². The third-order valence-electron chi connectivity index (χ3n) is 4.31. The molecule has 2 amide bonds. The summed E-state index contributed by atoms with van der Waals surface area (Å²) in [6.07, 6.45) is 3.48. The van der Waals surface area contributed by atoms with Gasteiger partial charge in [-0.25, -0.2) is 0 Å². The van der Waals surface area contributed by atoms with Crippen LogP contribution in [0.15, 0.2) is 24.3 Å². The Hall–Kier alpha value is -1.59. The number of hydrogen-bond donors (Lipinski definition) is 2. The van der Waals surface area contributed by atoms with Gasteiger partial charge in [0.25, 0.3) is 5.91 Å².